The number of nitrogens with zero attached hydrogens (tertiary/aromatic N) is 1. The SMILES string of the molecule is CC1(C)COc2c(Oc3ccc(N)cc3F)ccnc2N1. The second-order valence-electron chi connectivity index (χ2n) is 5.58. The van der Waals surface area contributed by atoms with Crippen LogP contribution in [0.3, 0.4) is 0 Å². The Bertz CT molecular complexity index is 689. The topological polar surface area (TPSA) is 69.4 Å². The largest absolute Gasteiger partial charge is 0.484 e. The van der Waals surface area contributed by atoms with E-state index in [0.29, 0.717) is 29.6 Å². The van der Waals surface area contributed by atoms with E-state index in [9.17, 15) is 4.39 Å². The molecule has 3 N–H and O–H groups in total. The summed E-state index contributed by atoms with van der Waals surface area (Å²) in [7, 11) is 0. The van der Waals surface area contributed by atoms with Gasteiger partial charge in [-0.3, -0.25) is 0 Å². The van der Waals surface area contributed by atoms with E-state index in [1.807, 2.05) is 13.8 Å². The van der Waals surface area contributed by atoms with Crippen LogP contribution in [-0.4, -0.2) is 17.1 Å². The molecule has 0 fully saturated rings. The first-order valence-corrected chi connectivity index (χ1v) is 6.57. The van der Waals surface area contributed by atoms with Crippen molar-refractivity contribution in [1.29, 1.82) is 0 Å². The molecular formula is C15H16FN3O2. The fraction of sp³-hybridized carbons (Fsp3) is 0.267. The number of anilines is 2. The lowest BCUT2D eigenvalue weighted by atomic mass is 10.1. The van der Waals surface area contributed by atoms with Crippen LogP contribution >= 0.6 is 0 Å². The summed E-state index contributed by atoms with van der Waals surface area (Å²) in [5.74, 6) is 1.04. The molecular weight excluding hydrogens is 273 g/mol. The molecule has 5 nitrogen and oxygen atoms in total. The van der Waals surface area contributed by atoms with Crippen molar-refractivity contribution < 1.29 is 13.9 Å². The number of benzene rings is 1. The van der Waals surface area contributed by atoms with Crippen LogP contribution in [0.5, 0.6) is 17.2 Å². The highest BCUT2D eigenvalue weighted by Gasteiger charge is 2.29. The molecule has 1 aromatic carbocycles. The number of fused-ring (bicyclic) bond motifs is 1. The highest BCUT2D eigenvalue weighted by Crippen LogP contribution is 2.41. The number of hydrogen-bond donors (Lipinski definition) is 2. The highest BCUT2D eigenvalue weighted by molar-refractivity contribution is 5.61. The normalized spacial score (nSPS) is 15.6. The van der Waals surface area contributed by atoms with Crippen LogP contribution in [0, 0.1) is 5.82 Å². The number of halogens is 1. The van der Waals surface area contributed by atoms with Crippen molar-refractivity contribution in [2.45, 2.75) is 19.4 Å². The summed E-state index contributed by atoms with van der Waals surface area (Å²) < 4.78 is 25.1. The Morgan fingerprint density at radius 3 is 2.90 bits per heavy atom. The second kappa shape index (κ2) is 4.80. The maximum Gasteiger partial charge on any atom is 0.204 e. The van der Waals surface area contributed by atoms with Crippen LogP contribution in [-0.2, 0) is 0 Å². The minimum absolute atomic E-state index is 0.0889. The number of nitrogens with one attached hydrogen (secondary N) is 1. The van der Waals surface area contributed by atoms with Gasteiger partial charge in [-0.2, -0.15) is 0 Å². The van der Waals surface area contributed by atoms with E-state index in [0.717, 1.165) is 0 Å². The van der Waals surface area contributed by atoms with Crippen molar-refractivity contribution in [2.75, 3.05) is 17.7 Å². The molecule has 3 rings (SSSR count). The van der Waals surface area contributed by atoms with E-state index >= 15 is 0 Å². The Labute approximate surface area is 121 Å². The van der Waals surface area contributed by atoms with E-state index < -0.39 is 5.82 Å². The highest BCUT2D eigenvalue weighted by atomic mass is 19.1. The molecule has 21 heavy (non-hydrogen) atoms. The number of rotatable bonds is 2. The zero-order chi connectivity index (χ0) is 15.0. The van der Waals surface area contributed by atoms with Gasteiger partial charge in [0.05, 0.1) is 5.54 Å². The molecule has 6 heteroatoms. The van der Waals surface area contributed by atoms with Crippen LogP contribution in [0.25, 0.3) is 0 Å². The summed E-state index contributed by atoms with van der Waals surface area (Å²) in [6.45, 7) is 4.47. The smallest absolute Gasteiger partial charge is 0.204 e. The molecule has 2 heterocycles. The van der Waals surface area contributed by atoms with Crippen LogP contribution < -0.4 is 20.5 Å². The molecule has 0 atom stereocenters. The third-order valence-electron chi connectivity index (χ3n) is 3.08. The van der Waals surface area contributed by atoms with Gasteiger partial charge in [0.2, 0.25) is 5.75 Å². The summed E-state index contributed by atoms with van der Waals surface area (Å²) in [6.07, 6.45) is 1.58. The van der Waals surface area contributed by atoms with Gasteiger partial charge in [-0.05, 0) is 26.0 Å². The molecule has 0 unspecified atom stereocenters. The summed E-state index contributed by atoms with van der Waals surface area (Å²) in [5.41, 5.74) is 5.65. The van der Waals surface area contributed by atoms with Gasteiger partial charge in [0, 0.05) is 24.0 Å². The molecule has 0 aliphatic carbocycles. The average molecular weight is 289 g/mol. The maximum absolute atomic E-state index is 13.8. The first-order chi connectivity index (χ1) is 9.94. The number of nitrogen functional groups attached to an aromatic ring is 1. The molecule has 0 amide bonds. The van der Waals surface area contributed by atoms with E-state index in [2.05, 4.69) is 10.3 Å². The van der Waals surface area contributed by atoms with E-state index in [4.69, 9.17) is 15.2 Å². The number of ether oxygens (including phenoxy) is 2. The Hall–Kier alpha value is -2.50. The minimum Gasteiger partial charge on any atom is -0.484 e. The van der Waals surface area contributed by atoms with Crippen LogP contribution in [0.2, 0.25) is 0 Å². The predicted octanol–water partition coefficient (Wildman–Crippen LogP) is 3.18. The molecule has 0 radical (unpaired) electrons. The molecule has 110 valence electrons. The van der Waals surface area contributed by atoms with Gasteiger partial charge in [0.25, 0.3) is 0 Å². The molecule has 0 bridgehead atoms. The zero-order valence-corrected chi connectivity index (χ0v) is 11.8. The Morgan fingerprint density at radius 2 is 2.14 bits per heavy atom. The van der Waals surface area contributed by atoms with Crippen molar-refractivity contribution in [3.8, 4) is 17.2 Å². The van der Waals surface area contributed by atoms with Gasteiger partial charge >= 0.3 is 0 Å². The fourth-order valence-electron chi connectivity index (χ4n) is 2.07. The van der Waals surface area contributed by atoms with E-state index in [1.165, 1.54) is 12.1 Å². The average Bonchev–Trinajstić information content (AvgIpc) is 2.40. The number of aromatic nitrogens is 1. The number of hydrogen-bond acceptors (Lipinski definition) is 5. The number of nitrogens with two attached hydrogens (primary N) is 1. The quantitative estimate of drug-likeness (QED) is 0.831. The Morgan fingerprint density at radius 1 is 1.33 bits per heavy atom. The molecule has 1 aliphatic heterocycles. The van der Waals surface area contributed by atoms with E-state index in [1.54, 1.807) is 18.3 Å². The second-order valence-corrected chi connectivity index (χ2v) is 5.58. The molecule has 0 saturated heterocycles. The third kappa shape index (κ3) is 2.69. The molecule has 0 saturated carbocycles. The molecule has 0 spiro atoms. The zero-order valence-electron chi connectivity index (χ0n) is 11.8. The number of pyridine rings is 1. The van der Waals surface area contributed by atoms with E-state index in [-0.39, 0.29) is 11.3 Å². The van der Waals surface area contributed by atoms with Crippen molar-refractivity contribution in [2.24, 2.45) is 0 Å². The lowest BCUT2D eigenvalue weighted by Crippen LogP contribution is -2.41. The lowest BCUT2D eigenvalue weighted by Gasteiger charge is -2.33. The van der Waals surface area contributed by atoms with Gasteiger partial charge in [0.15, 0.2) is 23.1 Å². The van der Waals surface area contributed by atoms with Gasteiger partial charge in [0.1, 0.15) is 6.61 Å². The van der Waals surface area contributed by atoms with Crippen molar-refractivity contribution in [3.63, 3.8) is 0 Å². The summed E-state index contributed by atoms with van der Waals surface area (Å²) in [5, 5.41) is 3.26. The Kier molecular flexibility index (Phi) is 3.08. The lowest BCUT2D eigenvalue weighted by molar-refractivity contribution is 0.231. The molecule has 1 aromatic heterocycles. The molecule has 1 aliphatic rings. The fourth-order valence-corrected chi connectivity index (χ4v) is 2.07. The first-order valence-electron chi connectivity index (χ1n) is 6.57. The van der Waals surface area contributed by atoms with Gasteiger partial charge in [-0.15, -0.1) is 0 Å². The van der Waals surface area contributed by atoms with Crippen LogP contribution in [0.4, 0.5) is 15.9 Å². The monoisotopic (exact) mass is 289 g/mol. The van der Waals surface area contributed by atoms with Crippen LogP contribution in [0.1, 0.15) is 13.8 Å². The predicted molar refractivity (Wildman–Crippen MR) is 78.3 cm³/mol. The summed E-state index contributed by atoms with van der Waals surface area (Å²) in [6, 6.07) is 5.91. The van der Waals surface area contributed by atoms with Crippen molar-refractivity contribution >= 4 is 11.5 Å². The van der Waals surface area contributed by atoms with Gasteiger partial charge in [-0.25, -0.2) is 9.37 Å². The third-order valence-corrected chi connectivity index (χ3v) is 3.08. The Balaban J connectivity index is 1.94. The summed E-state index contributed by atoms with van der Waals surface area (Å²) >= 11 is 0. The van der Waals surface area contributed by atoms with Crippen molar-refractivity contribution in [1.82, 2.24) is 4.98 Å². The van der Waals surface area contributed by atoms with Gasteiger partial charge < -0.3 is 20.5 Å². The standard InChI is InChI=1S/C15H16FN3O2/c1-15(2)8-20-13-12(5-6-18-14(13)19-15)21-11-4-3-9(17)7-10(11)16/h3-7H,8,17H2,1-2H3,(H,18,19). The van der Waals surface area contributed by atoms with Gasteiger partial charge in [-0.1, -0.05) is 0 Å². The minimum atomic E-state index is -0.523. The summed E-state index contributed by atoms with van der Waals surface area (Å²) in [4.78, 5) is 4.22. The van der Waals surface area contributed by atoms with Crippen LogP contribution in [0.15, 0.2) is 30.5 Å². The first kappa shape index (κ1) is 13.5. The van der Waals surface area contributed by atoms with Crippen molar-refractivity contribution in [3.05, 3.63) is 36.3 Å². The molecule has 2 aromatic rings. The maximum atomic E-state index is 13.8.